The zero-order chi connectivity index (χ0) is 8.39. The van der Waals surface area contributed by atoms with Crippen molar-refractivity contribution < 1.29 is 4.74 Å². The maximum atomic E-state index is 5.28. The molecule has 0 unspecified atom stereocenters. The van der Waals surface area contributed by atoms with Gasteiger partial charge in [0.15, 0.2) is 0 Å². The second-order valence-electron chi connectivity index (χ2n) is 3.11. The Bertz CT molecular complexity index is 255. The molecule has 1 fully saturated rings. The van der Waals surface area contributed by atoms with Gasteiger partial charge in [-0.1, -0.05) is 0 Å². The van der Waals surface area contributed by atoms with Crippen LogP contribution in [0.5, 0.6) is 0 Å². The Morgan fingerprint density at radius 1 is 1.75 bits per heavy atom. The van der Waals surface area contributed by atoms with Crippen molar-refractivity contribution in [3.05, 3.63) is 16.9 Å². The number of halogens is 1. The fraction of sp³-hybridized carbons (Fsp3) is 0.625. The molecule has 0 radical (unpaired) electrons. The summed E-state index contributed by atoms with van der Waals surface area (Å²) in [5.41, 5.74) is 0. The van der Waals surface area contributed by atoms with Gasteiger partial charge < -0.3 is 4.74 Å². The maximum absolute atomic E-state index is 5.28. The second-order valence-corrected chi connectivity index (χ2v) is 4.03. The molecule has 1 aromatic heterocycles. The van der Waals surface area contributed by atoms with Gasteiger partial charge >= 0.3 is 0 Å². The van der Waals surface area contributed by atoms with Crippen molar-refractivity contribution in [2.45, 2.75) is 13.0 Å². The highest BCUT2D eigenvalue weighted by Crippen LogP contribution is 2.15. The zero-order valence-electron chi connectivity index (χ0n) is 6.74. The van der Waals surface area contributed by atoms with Crippen LogP contribution in [0.1, 0.15) is 6.42 Å². The van der Waals surface area contributed by atoms with E-state index in [4.69, 9.17) is 4.74 Å². The van der Waals surface area contributed by atoms with Crippen LogP contribution in [-0.2, 0) is 11.3 Å². The predicted molar refractivity (Wildman–Crippen MR) is 48.9 cm³/mol. The van der Waals surface area contributed by atoms with Crippen LogP contribution in [0.15, 0.2) is 16.9 Å². The average Bonchev–Trinajstić information content (AvgIpc) is 2.63. The molecule has 0 saturated carbocycles. The van der Waals surface area contributed by atoms with Gasteiger partial charge in [-0.25, -0.2) is 0 Å². The molecule has 0 aliphatic carbocycles. The molecule has 0 aromatic carbocycles. The summed E-state index contributed by atoms with van der Waals surface area (Å²) in [5, 5.41) is 4.19. The molecule has 1 saturated heterocycles. The SMILES string of the molecule is Brc1cnn(C[C@@H]2CCOC2)c1. The van der Waals surface area contributed by atoms with Crippen LogP contribution in [-0.4, -0.2) is 23.0 Å². The van der Waals surface area contributed by atoms with Crippen LogP contribution in [0.2, 0.25) is 0 Å². The van der Waals surface area contributed by atoms with Crippen molar-refractivity contribution in [1.82, 2.24) is 9.78 Å². The quantitative estimate of drug-likeness (QED) is 0.774. The molecule has 2 rings (SSSR count). The van der Waals surface area contributed by atoms with E-state index in [0.29, 0.717) is 5.92 Å². The number of hydrogen-bond donors (Lipinski definition) is 0. The standard InChI is InChI=1S/C8H11BrN2O/c9-8-3-10-11(5-8)4-7-1-2-12-6-7/h3,5,7H,1-2,4,6H2/t7-/m0/s1. The smallest absolute Gasteiger partial charge is 0.0632 e. The van der Waals surface area contributed by atoms with Crippen LogP contribution >= 0.6 is 15.9 Å². The molecule has 1 atom stereocenters. The van der Waals surface area contributed by atoms with Gasteiger partial charge in [0, 0.05) is 25.3 Å². The third-order valence-electron chi connectivity index (χ3n) is 2.07. The fourth-order valence-electron chi connectivity index (χ4n) is 1.43. The number of aromatic nitrogens is 2. The highest BCUT2D eigenvalue weighted by Gasteiger charge is 2.16. The highest BCUT2D eigenvalue weighted by atomic mass is 79.9. The molecule has 12 heavy (non-hydrogen) atoms. The van der Waals surface area contributed by atoms with E-state index in [1.165, 1.54) is 0 Å². The first kappa shape index (κ1) is 8.26. The molecule has 66 valence electrons. The van der Waals surface area contributed by atoms with Crippen molar-refractivity contribution in [2.24, 2.45) is 5.92 Å². The minimum atomic E-state index is 0.650. The van der Waals surface area contributed by atoms with Gasteiger partial charge in [-0.05, 0) is 22.4 Å². The molecule has 3 nitrogen and oxygen atoms in total. The third kappa shape index (κ3) is 1.87. The Balaban J connectivity index is 1.94. The monoisotopic (exact) mass is 230 g/mol. The van der Waals surface area contributed by atoms with Gasteiger partial charge in [-0.3, -0.25) is 4.68 Å². The van der Waals surface area contributed by atoms with Crippen LogP contribution in [0.25, 0.3) is 0 Å². The van der Waals surface area contributed by atoms with Crippen molar-refractivity contribution >= 4 is 15.9 Å². The molecule has 0 spiro atoms. The van der Waals surface area contributed by atoms with Gasteiger partial charge in [0.2, 0.25) is 0 Å². The first-order valence-electron chi connectivity index (χ1n) is 4.10. The minimum absolute atomic E-state index is 0.650. The van der Waals surface area contributed by atoms with E-state index in [0.717, 1.165) is 30.7 Å². The molecule has 0 amide bonds. The summed E-state index contributed by atoms with van der Waals surface area (Å²) in [7, 11) is 0. The van der Waals surface area contributed by atoms with E-state index in [2.05, 4.69) is 21.0 Å². The Hall–Kier alpha value is -0.350. The van der Waals surface area contributed by atoms with E-state index in [-0.39, 0.29) is 0 Å². The summed E-state index contributed by atoms with van der Waals surface area (Å²) in [5.74, 6) is 0.650. The first-order valence-corrected chi connectivity index (χ1v) is 4.89. The Morgan fingerprint density at radius 3 is 3.25 bits per heavy atom. The fourth-order valence-corrected chi connectivity index (χ4v) is 1.76. The Labute approximate surface area is 79.8 Å². The molecule has 0 N–H and O–H groups in total. The number of ether oxygens (including phenoxy) is 1. The summed E-state index contributed by atoms with van der Waals surface area (Å²) in [4.78, 5) is 0. The summed E-state index contributed by atoms with van der Waals surface area (Å²) < 4.78 is 8.29. The van der Waals surface area contributed by atoms with Crippen LogP contribution in [0.4, 0.5) is 0 Å². The largest absolute Gasteiger partial charge is 0.381 e. The molecule has 1 aromatic rings. The number of nitrogens with zero attached hydrogens (tertiary/aromatic N) is 2. The summed E-state index contributed by atoms with van der Waals surface area (Å²) in [6.45, 7) is 2.77. The van der Waals surface area contributed by atoms with Gasteiger partial charge in [0.05, 0.1) is 17.3 Å². The van der Waals surface area contributed by atoms with Crippen molar-refractivity contribution in [3.8, 4) is 0 Å². The zero-order valence-corrected chi connectivity index (χ0v) is 8.33. The molecule has 2 heterocycles. The van der Waals surface area contributed by atoms with Crippen molar-refractivity contribution in [2.75, 3.05) is 13.2 Å². The highest BCUT2D eigenvalue weighted by molar-refractivity contribution is 9.10. The predicted octanol–water partition coefficient (Wildman–Crippen LogP) is 1.68. The summed E-state index contributed by atoms with van der Waals surface area (Å²) in [6.07, 6.45) is 4.98. The van der Waals surface area contributed by atoms with Gasteiger partial charge in [0.25, 0.3) is 0 Å². The maximum Gasteiger partial charge on any atom is 0.0632 e. The van der Waals surface area contributed by atoms with Crippen molar-refractivity contribution in [3.63, 3.8) is 0 Å². The lowest BCUT2D eigenvalue weighted by Gasteiger charge is -2.06. The number of hydrogen-bond acceptors (Lipinski definition) is 2. The normalized spacial score (nSPS) is 23.2. The van der Waals surface area contributed by atoms with Crippen molar-refractivity contribution in [1.29, 1.82) is 0 Å². The van der Waals surface area contributed by atoms with Gasteiger partial charge in [0.1, 0.15) is 0 Å². The molecule has 1 aliphatic rings. The Kier molecular flexibility index (Phi) is 2.46. The van der Waals surface area contributed by atoms with E-state index in [1.54, 1.807) is 0 Å². The van der Waals surface area contributed by atoms with Crippen LogP contribution in [0, 0.1) is 5.92 Å². The van der Waals surface area contributed by atoms with Crippen LogP contribution in [0.3, 0.4) is 0 Å². The average molecular weight is 231 g/mol. The Morgan fingerprint density at radius 2 is 2.67 bits per heavy atom. The van der Waals surface area contributed by atoms with E-state index < -0.39 is 0 Å². The second kappa shape index (κ2) is 3.58. The molecule has 1 aliphatic heterocycles. The summed E-state index contributed by atoms with van der Waals surface area (Å²) in [6, 6.07) is 0. The van der Waals surface area contributed by atoms with Gasteiger partial charge in [-0.15, -0.1) is 0 Å². The first-order chi connectivity index (χ1) is 5.84. The lowest BCUT2D eigenvalue weighted by atomic mass is 10.1. The third-order valence-corrected chi connectivity index (χ3v) is 2.48. The lowest BCUT2D eigenvalue weighted by molar-refractivity contribution is 0.181. The summed E-state index contributed by atoms with van der Waals surface area (Å²) >= 11 is 3.37. The van der Waals surface area contributed by atoms with Gasteiger partial charge in [-0.2, -0.15) is 5.10 Å². The number of rotatable bonds is 2. The van der Waals surface area contributed by atoms with E-state index in [1.807, 2.05) is 17.1 Å². The molecular weight excluding hydrogens is 220 g/mol. The van der Waals surface area contributed by atoms with Crippen LogP contribution < -0.4 is 0 Å². The minimum Gasteiger partial charge on any atom is -0.381 e. The molecular formula is C8H11BrN2O. The molecule has 4 heteroatoms. The van der Waals surface area contributed by atoms with E-state index >= 15 is 0 Å². The molecule has 0 bridgehead atoms. The topological polar surface area (TPSA) is 27.1 Å². The van der Waals surface area contributed by atoms with E-state index in [9.17, 15) is 0 Å². The lowest BCUT2D eigenvalue weighted by Crippen LogP contribution is -2.10.